The van der Waals surface area contributed by atoms with E-state index in [1.807, 2.05) is 0 Å². The summed E-state index contributed by atoms with van der Waals surface area (Å²) in [5.41, 5.74) is 0.849. The van der Waals surface area contributed by atoms with E-state index >= 15 is 0 Å². The Kier molecular flexibility index (Phi) is 2.92. The number of hydrogen-bond donors (Lipinski definition) is 3. The minimum absolute atomic E-state index is 0.0547. The molecule has 1 saturated heterocycles. The molecule has 1 aliphatic heterocycles. The molecular formula is C22H33NO3. The second-order valence-electron chi connectivity index (χ2n) is 10.9. The van der Waals surface area contributed by atoms with Crippen molar-refractivity contribution in [2.45, 2.75) is 70.3 Å². The van der Waals surface area contributed by atoms with Gasteiger partial charge in [-0.05, 0) is 67.4 Å². The molecule has 6 rings (SSSR count). The Hall–Kier alpha value is -0.420. The van der Waals surface area contributed by atoms with Gasteiger partial charge in [-0.1, -0.05) is 20.4 Å². The van der Waals surface area contributed by atoms with E-state index in [1.165, 1.54) is 0 Å². The van der Waals surface area contributed by atoms with Gasteiger partial charge in [-0.25, -0.2) is 0 Å². The lowest BCUT2D eigenvalue weighted by molar-refractivity contribution is -0.218. The van der Waals surface area contributed by atoms with Gasteiger partial charge in [0.2, 0.25) is 0 Å². The molecule has 6 fully saturated rings. The van der Waals surface area contributed by atoms with Crippen molar-refractivity contribution in [3.05, 3.63) is 12.2 Å². The van der Waals surface area contributed by atoms with E-state index in [-0.39, 0.29) is 34.2 Å². The maximum Gasteiger partial charge on any atom is 0.0813 e. The summed E-state index contributed by atoms with van der Waals surface area (Å²) in [6.07, 6.45) is 3.58. The molecule has 6 aliphatic rings. The van der Waals surface area contributed by atoms with Gasteiger partial charge in [-0.2, -0.15) is 0 Å². The highest BCUT2D eigenvalue weighted by Gasteiger charge is 2.85. The van der Waals surface area contributed by atoms with Crippen LogP contribution in [0, 0.1) is 39.9 Å². The molecule has 4 nitrogen and oxygen atoms in total. The van der Waals surface area contributed by atoms with Gasteiger partial charge in [0.05, 0.1) is 18.3 Å². The SMILES string of the molecule is C=C1[C@H]2C[C@@]3([C@@H]1O)[C@@H](C[C@H]2O)[C@@]12[C@@H]4[C@@H]3C[C@@H]1[C@@](C)(CC[C@@H]2O)CN4CC. The molecule has 0 unspecified atom stereocenters. The molecule has 2 spiro atoms. The minimum Gasteiger partial charge on any atom is -0.392 e. The number of aliphatic hydroxyl groups is 3. The van der Waals surface area contributed by atoms with E-state index in [9.17, 15) is 15.3 Å². The first kappa shape index (κ1) is 16.5. The average Bonchev–Trinajstić information content (AvgIpc) is 3.14. The lowest BCUT2D eigenvalue weighted by Gasteiger charge is -2.65. The van der Waals surface area contributed by atoms with Crippen molar-refractivity contribution < 1.29 is 15.3 Å². The summed E-state index contributed by atoms with van der Waals surface area (Å²) in [4.78, 5) is 2.65. The largest absolute Gasteiger partial charge is 0.392 e. The number of hydrogen-bond acceptors (Lipinski definition) is 4. The van der Waals surface area contributed by atoms with Crippen LogP contribution in [-0.4, -0.2) is 57.7 Å². The molecule has 0 radical (unpaired) electrons. The van der Waals surface area contributed by atoms with Gasteiger partial charge < -0.3 is 15.3 Å². The van der Waals surface area contributed by atoms with Crippen molar-refractivity contribution in [2.75, 3.05) is 13.1 Å². The second-order valence-corrected chi connectivity index (χ2v) is 10.9. The van der Waals surface area contributed by atoms with Crippen LogP contribution in [0.15, 0.2) is 12.2 Å². The number of rotatable bonds is 1. The Morgan fingerprint density at radius 2 is 1.96 bits per heavy atom. The van der Waals surface area contributed by atoms with Gasteiger partial charge in [0.15, 0.2) is 0 Å². The number of nitrogens with zero attached hydrogens (tertiary/aromatic N) is 1. The smallest absolute Gasteiger partial charge is 0.0813 e. The Bertz CT molecular complexity index is 695. The van der Waals surface area contributed by atoms with Gasteiger partial charge in [0.1, 0.15) is 0 Å². The van der Waals surface area contributed by atoms with Crippen LogP contribution in [0.5, 0.6) is 0 Å². The first-order valence-corrected chi connectivity index (χ1v) is 10.8. The third-order valence-electron chi connectivity index (χ3n) is 10.6. The standard InChI is InChI=1S/C22H33NO3/c1-4-23-10-20(3)6-5-17(25)22-15(20)7-13(18(22)23)21-9-12(11(2)19(21)26)14(24)8-16(21)22/h12-19,24-26H,2,4-10H2,1,3H3/t12-,13+,14-,15-,16-,17+,18+,19-,20+,21+,22+/m1/s1. The van der Waals surface area contributed by atoms with Crippen LogP contribution in [0.1, 0.15) is 46.0 Å². The number of likely N-dealkylation sites (tertiary alicyclic amines) is 1. The lowest BCUT2D eigenvalue weighted by atomic mass is 9.43. The summed E-state index contributed by atoms with van der Waals surface area (Å²) in [7, 11) is 0. The van der Waals surface area contributed by atoms with Crippen molar-refractivity contribution in [1.82, 2.24) is 4.90 Å². The Morgan fingerprint density at radius 3 is 2.69 bits per heavy atom. The van der Waals surface area contributed by atoms with Crippen molar-refractivity contribution in [3.63, 3.8) is 0 Å². The van der Waals surface area contributed by atoms with Gasteiger partial charge in [0.25, 0.3) is 0 Å². The van der Waals surface area contributed by atoms with E-state index in [1.54, 1.807) is 0 Å². The second kappa shape index (κ2) is 4.59. The van der Waals surface area contributed by atoms with Crippen LogP contribution >= 0.6 is 0 Å². The third kappa shape index (κ3) is 1.37. The van der Waals surface area contributed by atoms with Gasteiger partial charge >= 0.3 is 0 Å². The summed E-state index contributed by atoms with van der Waals surface area (Å²) in [6.45, 7) is 11.1. The summed E-state index contributed by atoms with van der Waals surface area (Å²) >= 11 is 0. The molecule has 0 aromatic rings. The lowest BCUT2D eigenvalue weighted by Crippen LogP contribution is -2.68. The highest BCUT2D eigenvalue weighted by molar-refractivity contribution is 5.39. The average molecular weight is 360 g/mol. The quantitative estimate of drug-likeness (QED) is 0.625. The number of piperidine rings is 1. The Labute approximate surface area is 156 Å². The fourth-order valence-corrected chi connectivity index (χ4v) is 9.97. The summed E-state index contributed by atoms with van der Waals surface area (Å²) in [5.74, 6) is 1.26. The van der Waals surface area contributed by atoms with Crippen LogP contribution in [0.25, 0.3) is 0 Å². The first-order valence-electron chi connectivity index (χ1n) is 10.8. The molecule has 144 valence electrons. The van der Waals surface area contributed by atoms with E-state index < -0.39 is 12.2 Å². The summed E-state index contributed by atoms with van der Waals surface area (Å²) in [5, 5.41) is 33.8. The topological polar surface area (TPSA) is 63.9 Å². The Balaban J connectivity index is 1.61. The van der Waals surface area contributed by atoms with E-state index in [0.717, 1.165) is 50.8 Å². The third-order valence-corrected chi connectivity index (χ3v) is 10.6. The molecule has 4 heteroatoms. The van der Waals surface area contributed by atoms with E-state index in [0.29, 0.717) is 17.9 Å². The number of aliphatic hydroxyl groups excluding tert-OH is 3. The fourth-order valence-electron chi connectivity index (χ4n) is 9.97. The monoisotopic (exact) mass is 359 g/mol. The highest BCUT2D eigenvalue weighted by atomic mass is 16.3. The fraction of sp³-hybridized carbons (Fsp3) is 0.909. The van der Waals surface area contributed by atoms with Gasteiger partial charge in [0, 0.05) is 29.3 Å². The maximum absolute atomic E-state index is 11.5. The van der Waals surface area contributed by atoms with Gasteiger partial charge in [-0.3, -0.25) is 4.90 Å². The molecule has 3 N–H and O–H groups in total. The van der Waals surface area contributed by atoms with Crippen LogP contribution < -0.4 is 0 Å². The molecule has 7 bridgehead atoms. The summed E-state index contributed by atoms with van der Waals surface area (Å²) in [6, 6.07) is 0.373. The molecule has 1 heterocycles. The molecule has 11 atom stereocenters. The van der Waals surface area contributed by atoms with Crippen molar-refractivity contribution >= 4 is 0 Å². The molecule has 0 aromatic carbocycles. The molecule has 5 saturated carbocycles. The van der Waals surface area contributed by atoms with Crippen molar-refractivity contribution in [2.24, 2.45) is 39.9 Å². The normalized spacial score (nSPS) is 65.5. The van der Waals surface area contributed by atoms with E-state index in [4.69, 9.17) is 0 Å². The zero-order valence-corrected chi connectivity index (χ0v) is 16.1. The molecule has 26 heavy (non-hydrogen) atoms. The predicted molar refractivity (Wildman–Crippen MR) is 98.2 cm³/mol. The van der Waals surface area contributed by atoms with Crippen LogP contribution in [-0.2, 0) is 0 Å². The zero-order valence-electron chi connectivity index (χ0n) is 16.1. The van der Waals surface area contributed by atoms with E-state index in [2.05, 4.69) is 25.3 Å². The van der Waals surface area contributed by atoms with Crippen molar-refractivity contribution in [1.29, 1.82) is 0 Å². The molecule has 0 amide bonds. The van der Waals surface area contributed by atoms with Crippen LogP contribution in [0.4, 0.5) is 0 Å². The first-order chi connectivity index (χ1) is 12.3. The van der Waals surface area contributed by atoms with Crippen molar-refractivity contribution in [3.8, 4) is 0 Å². The zero-order chi connectivity index (χ0) is 18.2. The van der Waals surface area contributed by atoms with Gasteiger partial charge in [-0.15, -0.1) is 0 Å². The maximum atomic E-state index is 11.5. The molecular weight excluding hydrogens is 326 g/mol. The molecule has 0 aromatic heterocycles. The Morgan fingerprint density at radius 1 is 1.19 bits per heavy atom. The minimum atomic E-state index is -0.500. The highest BCUT2D eigenvalue weighted by Crippen LogP contribution is 2.83. The number of fused-ring (bicyclic) bond motifs is 1. The molecule has 5 aliphatic carbocycles. The van der Waals surface area contributed by atoms with Crippen LogP contribution in [0.3, 0.4) is 0 Å². The predicted octanol–water partition coefficient (Wildman–Crippen LogP) is 1.79. The summed E-state index contributed by atoms with van der Waals surface area (Å²) < 4.78 is 0. The van der Waals surface area contributed by atoms with Crippen LogP contribution in [0.2, 0.25) is 0 Å².